The zero-order valence-corrected chi connectivity index (χ0v) is 9.45. The second kappa shape index (κ2) is 6.49. The average molecular weight is 236 g/mol. The molecular formula is C11H14N3O3. The molecule has 0 bridgehead atoms. The van der Waals surface area contributed by atoms with Crippen molar-refractivity contribution in [2.24, 2.45) is 0 Å². The predicted octanol–water partition coefficient (Wildman–Crippen LogP) is 1.36. The molecule has 17 heavy (non-hydrogen) atoms. The van der Waals surface area contributed by atoms with Crippen LogP contribution in [0.25, 0.3) is 0 Å². The molecule has 6 nitrogen and oxygen atoms in total. The van der Waals surface area contributed by atoms with Crippen LogP contribution < -0.4 is 10.6 Å². The number of carbonyl (C=O) groups is 1. The van der Waals surface area contributed by atoms with Gasteiger partial charge in [0.05, 0.1) is 13.7 Å². The summed E-state index contributed by atoms with van der Waals surface area (Å²) in [6.07, 6.45) is -0.219. The van der Waals surface area contributed by atoms with Crippen molar-refractivity contribution >= 4 is 17.7 Å². The van der Waals surface area contributed by atoms with Gasteiger partial charge < -0.3 is 10.1 Å². The molecule has 91 valence electrons. The maximum Gasteiger partial charge on any atom is 0.413 e. The van der Waals surface area contributed by atoms with Crippen molar-refractivity contribution in [1.29, 1.82) is 5.41 Å². The van der Waals surface area contributed by atoms with E-state index in [9.17, 15) is 9.90 Å². The van der Waals surface area contributed by atoms with Gasteiger partial charge in [0.1, 0.15) is 0 Å². The molecule has 0 aliphatic rings. The van der Waals surface area contributed by atoms with Crippen LogP contribution in [0.4, 0.5) is 10.5 Å². The summed E-state index contributed by atoms with van der Waals surface area (Å²) in [4.78, 5) is 10.8. The normalized spacial score (nSPS) is 9.53. The van der Waals surface area contributed by atoms with E-state index in [4.69, 9.17) is 5.41 Å². The molecule has 0 heterocycles. The molecule has 0 unspecified atom stereocenters. The van der Waals surface area contributed by atoms with E-state index in [0.717, 1.165) is 5.56 Å². The van der Waals surface area contributed by atoms with E-state index in [2.05, 4.69) is 15.4 Å². The number of amides is 1. The molecule has 1 aromatic carbocycles. The minimum Gasteiger partial charge on any atom is -0.453 e. The molecule has 1 rings (SSSR count). The second-order valence-corrected chi connectivity index (χ2v) is 3.27. The lowest BCUT2D eigenvalue weighted by atomic mass is 10.1. The Labute approximate surface area is 99.1 Å². The topological polar surface area (TPSA) is 94.1 Å². The maximum absolute atomic E-state index is 10.8. The summed E-state index contributed by atoms with van der Waals surface area (Å²) in [5.74, 6) is -0.173. The fourth-order valence-corrected chi connectivity index (χ4v) is 1.20. The molecular weight excluding hydrogens is 222 g/mol. The van der Waals surface area contributed by atoms with Gasteiger partial charge in [-0.2, -0.15) is 0 Å². The van der Waals surface area contributed by atoms with Gasteiger partial charge in [0.25, 0.3) is 0 Å². The molecule has 0 aliphatic heterocycles. The van der Waals surface area contributed by atoms with E-state index in [-0.39, 0.29) is 12.6 Å². The Bertz CT molecular complexity index is 389. The first-order valence-electron chi connectivity index (χ1n) is 5.03. The van der Waals surface area contributed by atoms with Crippen LogP contribution in [0.15, 0.2) is 24.3 Å². The van der Waals surface area contributed by atoms with Crippen LogP contribution in [0.2, 0.25) is 0 Å². The Morgan fingerprint density at radius 3 is 2.53 bits per heavy atom. The molecule has 1 radical (unpaired) electrons. The van der Waals surface area contributed by atoms with Gasteiger partial charge in [0.15, 0.2) is 0 Å². The van der Waals surface area contributed by atoms with Crippen LogP contribution in [-0.4, -0.2) is 25.8 Å². The summed E-state index contributed by atoms with van der Waals surface area (Å²) in [5.41, 5.74) is 1.60. The molecule has 3 N–H and O–H groups in total. The number of rotatable bonds is 3. The lowest BCUT2D eigenvalue weighted by Crippen LogP contribution is -2.34. The van der Waals surface area contributed by atoms with Crippen molar-refractivity contribution in [3.8, 4) is 0 Å². The van der Waals surface area contributed by atoms with Gasteiger partial charge >= 0.3 is 6.09 Å². The van der Waals surface area contributed by atoms with E-state index < -0.39 is 6.09 Å². The highest BCUT2D eigenvalue weighted by atomic mass is 16.5. The van der Waals surface area contributed by atoms with Gasteiger partial charge in [-0.3, -0.25) is 10.7 Å². The van der Waals surface area contributed by atoms with Gasteiger partial charge in [-0.25, -0.2) is 9.90 Å². The van der Waals surface area contributed by atoms with Crippen molar-refractivity contribution in [1.82, 2.24) is 5.32 Å². The molecule has 0 spiro atoms. The molecule has 6 heteroatoms. The standard InChI is InChI=1S/C11H14N3O3/c1-17-11(16)14-10(12)13-9-4-2-8(3-5-9)6-7-15/h2-5H,6-7H2,1H3,(H3,12,13,14,16). The smallest absolute Gasteiger partial charge is 0.413 e. The third-order valence-corrected chi connectivity index (χ3v) is 2.03. The number of benzene rings is 1. The van der Waals surface area contributed by atoms with E-state index in [1.807, 2.05) is 0 Å². The van der Waals surface area contributed by atoms with Gasteiger partial charge in [0.2, 0.25) is 5.96 Å². The molecule has 1 amide bonds. The number of hydrogen-bond donors (Lipinski definition) is 3. The SMILES string of the molecule is COC(=O)NC(=N)Nc1ccc(CC[O])cc1. The number of carbonyl (C=O) groups excluding carboxylic acids is 1. The number of ether oxygens (including phenoxy) is 1. The zero-order valence-electron chi connectivity index (χ0n) is 9.45. The highest BCUT2D eigenvalue weighted by Gasteiger charge is 2.03. The molecule has 0 aromatic heterocycles. The summed E-state index contributed by atoms with van der Waals surface area (Å²) < 4.78 is 4.34. The lowest BCUT2D eigenvalue weighted by Gasteiger charge is -2.08. The van der Waals surface area contributed by atoms with Gasteiger partial charge in [0, 0.05) is 5.69 Å². The lowest BCUT2D eigenvalue weighted by molar-refractivity contribution is 0.176. The third-order valence-electron chi connectivity index (χ3n) is 2.03. The van der Waals surface area contributed by atoms with Gasteiger partial charge in [-0.1, -0.05) is 12.1 Å². The number of nitrogens with one attached hydrogen (secondary N) is 3. The minimum atomic E-state index is -0.703. The average Bonchev–Trinajstić information content (AvgIpc) is 2.31. The summed E-state index contributed by atoms with van der Waals surface area (Å²) in [7, 11) is 1.22. The van der Waals surface area contributed by atoms with Crippen LogP contribution in [0.3, 0.4) is 0 Å². The molecule has 0 aliphatic carbocycles. The first kappa shape index (κ1) is 13.0. The van der Waals surface area contributed by atoms with E-state index in [1.54, 1.807) is 24.3 Å². The van der Waals surface area contributed by atoms with Gasteiger partial charge in [-0.15, -0.1) is 0 Å². The maximum atomic E-state index is 10.8. The minimum absolute atomic E-state index is 0.146. The monoisotopic (exact) mass is 236 g/mol. The number of alkyl carbamates (subject to hydrolysis) is 1. The molecule has 0 saturated carbocycles. The van der Waals surface area contributed by atoms with Crippen molar-refractivity contribution in [2.75, 3.05) is 19.0 Å². The van der Waals surface area contributed by atoms with Crippen LogP contribution in [0.1, 0.15) is 5.56 Å². The Morgan fingerprint density at radius 1 is 1.35 bits per heavy atom. The number of methoxy groups -OCH3 is 1. The fourth-order valence-electron chi connectivity index (χ4n) is 1.20. The van der Waals surface area contributed by atoms with Crippen molar-refractivity contribution in [2.45, 2.75) is 6.42 Å². The number of anilines is 1. The van der Waals surface area contributed by atoms with E-state index >= 15 is 0 Å². The Kier molecular flexibility index (Phi) is 4.96. The largest absolute Gasteiger partial charge is 0.453 e. The van der Waals surface area contributed by atoms with Gasteiger partial charge in [-0.05, 0) is 24.1 Å². The van der Waals surface area contributed by atoms with Crippen molar-refractivity contribution in [3.63, 3.8) is 0 Å². The predicted molar refractivity (Wildman–Crippen MR) is 62.6 cm³/mol. The van der Waals surface area contributed by atoms with Crippen LogP contribution in [-0.2, 0) is 16.3 Å². The summed E-state index contributed by atoms with van der Waals surface area (Å²) in [6, 6.07) is 7.06. The number of hydrogen-bond acceptors (Lipinski definition) is 3. The van der Waals surface area contributed by atoms with Crippen LogP contribution in [0, 0.1) is 5.41 Å². The van der Waals surface area contributed by atoms with E-state index in [1.165, 1.54) is 7.11 Å². The highest BCUT2D eigenvalue weighted by Crippen LogP contribution is 2.09. The first-order valence-corrected chi connectivity index (χ1v) is 5.03. The first-order chi connectivity index (χ1) is 8.15. The zero-order chi connectivity index (χ0) is 12.7. The van der Waals surface area contributed by atoms with Crippen molar-refractivity contribution < 1.29 is 14.6 Å². The number of guanidine groups is 1. The van der Waals surface area contributed by atoms with Crippen LogP contribution >= 0.6 is 0 Å². The summed E-state index contributed by atoms with van der Waals surface area (Å²) in [6.45, 7) is -0.146. The highest BCUT2D eigenvalue weighted by molar-refractivity contribution is 6.00. The second-order valence-electron chi connectivity index (χ2n) is 3.27. The van der Waals surface area contributed by atoms with Crippen molar-refractivity contribution in [3.05, 3.63) is 29.8 Å². The quantitative estimate of drug-likeness (QED) is 0.546. The molecule has 0 fully saturated rings. The Balaban J connectivity index is 2.51. The van der Waals surface area contributed by atoms with E-state index in [0.29, 0.717) is 12.1 Å². The fraction of sp³-hybridized carbons (Fsp3) is 0.273. The summed E-state index contributed by atoms with van der Waals surface area (Å²) >= 11 is 0. The third kappa shape index (κ3) is 4.52. The van der Waals surface area contributed by atoms with Crippen LogP contribution in [0.5, 0.6) is 0 Å². The Hall–Kier alpha value is -2.08. The molecule has 0 atom stereocenters. The summed E-state index contributed by atoms with van der Waals surface area (Å²) in [5, 5.41) is 22.7. The molecule has 0 saturated heterocycles. The Morgan fingerprint density at radius 2 is 2.00 bits per heavy atom. The molecule has 1 aromatic rings.